The Bertz CT molecular complexity index is 209. The van der Waals surface area contributed by atoms with Crippen LogP contribution in [0.5, 0.6) is 0 Å². The second kappa shape index (κ2) is 7.49. The Hall–Kier alpha value is -0.770. The highest BCUT2D eigenvalue weighted by Crippen LogP contribution is 2.27. The van der Waals surface area contributed by atoms with Crippen LogP contribution < -0.4 is 16.6 Å². The monoisotopic (exact) mass is 226 g/mol. The van der Waals surface area contributed by atoms with Gasteiger partial charge in [-0.1, -0.05) is 26.2 Å². The third-order valence-electron chi connectivity index (χ3n) is 3.39. The van der Waals surface area contributed by atoms with Crippen molar-refractivity contribution in [2.24, 2.45) is 16.8 Å². The molecule has 1 saturated carbocycles. The zero-order valence-electron chi connectivity index (χ0n) is 10.6. The van der Waals surface area contributed by atoms with Gasteiger partial charge in [0.2, 0.25) is 5.96 Å². The molecule has 1 unspecified atom stereocenters. The van der Waals surface area contributed by atoms with Gasteiger partial charge in [0.25, 0.3) is 0 Å². The van der Waals surface area contributed by atoms with Gasteiger partial charge in [-0.15, -0.1) is 0 Å². The van der Waals surface area contributed by atoms with Gasteiger partial charge in [-0.25, -0.2) is 5.84 Å². The summed E-state index contributed by atoms with van der Waals surface area (Å²) in [5, 5.41) is 3.38. The number of hydrogen-bond acceptors (Lipinski definition) is 2. The Labute approximate surface area is 99.1 Å². The molecule has 0 heterocycles. The largest absolute Gasteiger partial charge is 0.353 e. The lowest BCUT2D eigenvalue weighted by Crippen LogP contribution is -2.47. The number of aliphatic imine (C=N–C) groups is 1. The molecule has 0 aromatic heterocycles. The van der Waals surface area contributed by atoms with E-state index in [0.29, 0.717) is 6.04 Å². The number of hydrazine groups is 1. The molecule has 4 N–H and O–H groups in total. The maximum Gasteiger partial charge on any atom is 0.205 e. The standard InChI is InChI=1S/C12H26N4/c1-3-4-9-14-12(16-13)15-10(2)11-7-5-6-8-11/h10-11H,3-9,13H2,1-2H3,(H2,14,15,16). The van der Waals surface area contributed by atoms with E-state index in [9.17, 15) is 0 Å². The Morgan fingerprint density at radius 1 is 1.44 bits per heavy atom. The lowest BCUT2D eigenvalue weighted by atomic mass is 10.0. The lowest BCUT2D eigenvalue weighted by molar-refractivity contribution is 0.422. The normalized spacial score (nSPS) is 19.8. The van der Waals surface area contributed by atoms with Crippen LogP contribution in [0, 0.1) is 5.92 Å². The molecule has 0 aromatic rings. The molecule has 4 heteroatoms. The Morgan fingerprint density at radius 2 is 2.12 bits per heavy atom. The molecule has 16 heavy (non-hydrogen) atoms. The van der Waals surface area contributed by atoms with Crippen molar-refractivity contribution in [2.45, 2.75) is 58.4 Å². The van der Waals surface area contributed by atoms with E-state index in [4.69, 9.17) is 5.84 Å². The molecule has 0 spiro atoms. The molecule has 0 bridgehead atoms. The highest BCUT2D eigenvalue weighted by molar-refractivity contribution is 5.79. The smallest absolute Gasteiger partial charge is 0.205 e. The molecule has 1 aliphatic rings. The van der Waals surface area contributed by atoms with Crippen LogP contribution in [-0.4, -0.2) is 18.5 Å². The molecule has 0 aliphatic heterocycles. The molecular formula is C12H26N4. The van der Waals surface area contributed by atoms with Crippen molar-refractivity contribution >= 4 is 5.96 Å². The van der Waals surface area contributed by atoms with Gasteiger partial charge in [0, 0.05) is 12.6 Å². The summed E-state index contributed by atoms with van der Waals surface area (Å²) in [6.45, 7) is 5.24. The van der Waals surface area contributed by atoms with Crippen LogP contribution in [0.3, 0.4) is 0 Å². The molecule has 1 aliphatic carbocycles. The van der Waals surface area contributed by atoms with E-state index in [1.165, 1.54) is 32.1 Å². The van der Waals surface area contributed by atoms with E-state index in [0.717, 1.165) is 24.8 Å². The third-order valence-corrected chi connectivity index (χ3v) is 3.39. The molecular weight excluding hydrogens is 200 g/mol. The predicted octanol–water partition coefficient (Wildman–Crippen LogP) is 1.77. The van der Waals surface area contributed by atoms with Gasteiger partial charge in [-0.3, -0.25) is 10.4 Å². The molecule has 0 amide bonds. The number of guanidine groups is 1. The number of nitrogens with two attached hydrogens (primary N) is 1. The first-order valence-corrected chi connectivity index (χ1v) is 6.55. The molecule has 1 atom stereocenters. The third kappa shape index (κ3) is 4.39. The van der Waals surface area contributed by atoms with Crippen molar-refractivity contribution in [3.63, 3.8) is 0 Å². The minimum atomic E-state index is 0.471. The van der Waals surface area contributed by atoms with Crippen LogP contribution in [0.2, 0.25) is 0 Å². The van der Waals surface area contributed by atoms with Crippen molar-refractivity contribution in [1.29, 1.82) is 0 Å². The number of nitrogens with one attached hydrogen (secondary N) is 2. The Morgan fingerprint density at radius 3 is 2.69 bits per heavy atom. The van der Waals surface area contributed by atoms with Crippen LogP contribution in [0.4, 0.5) is 0 Å². The van der Waals surface area contributed by atoms with Crippen LogP contribution in [0.25, 0.3) is 0 Å². The molecule has 4 nitrogen and oxygen atoms in total. The fourth-order valence-corrected chi connectivity index (χ4v) is 2.27. The van der Waals surface area contributed by atoms with Gasteiger partial charge < -0.3 is 5.32 Å². The second-order valence-electron chi connectivity index (χ2n) is 4.71. The maximum atomic E-state index is 5.46. The van der Waals surface area contributed by atoms with Crippen molar-refractivity contribution in [3.8, 4) is 0 Å². The average molecular weight is 226 g/mol. The Balaban J connectivity index is 2.33. The number of hydrogen-bond donors (Lipinski definition) is 3. The van der Waals surface area contributed by atoms with Crippen molar-refractivity contribution in [1.82, 2.24) is 10.7 Å². The topological polar surface area (TPSA) is 62.4 Å². The highest BCUT2D eigenvalue weighted by atomic mass is 15.3. The summed E-state index contributed by atoms with van der Waals surface area (Å²) >= 11 is 0. The quantitative estimate of drug-likeness (QED) is 0.220. The molecule has 1 rings (SSSR count). The van der Waals surface area contributed by atoms with Gasteiger partial charge in [0.05, 0.1) is 0 Å². The highest BCUT2D eigenvalue weighted by Gasteiger charge is 2.21. The summed E-state index contributed by atoms with van der Waals surface area (Å²) in [6.07, 6.45) is 7.69. The van der Waals surface area contributed by atoms with Crippen molar-refractivity contribution in [3.05, 3.63) is 0 Å². The zero-order chi connectivity index (χ0) is 11.8. The number of unbranched alkanes of at least 4 members (excludes halogenated alkanes) is 1. The summed E-state index contributed by atoms with van der Waals surface area (Å²) < 4.78 is 0. The minimum Gasteiger partial charge on any atom is -0.353 e. The minimum absolute atomic E-state index is 0.471. The van der Waals surface area contributed by atoms with Gasteiger partial charge in [0.1, 0.15) is 0 Å². The summed E-state index contributed by atoms with van der Waals surface area (Å²) in [4.78, 5) is 4.41. The van der Waals surface area contributed by atoms with Crippen LogP contribution >= 0.6 is 0 Å². The lowest BCUT2D eigenvalue weighted by Gasteiger charge is -2.22. The SMILES string of the molecule is CCCCN=C(NN)NC(C)C1CCCC1. The van der Waals surface area contributed by atoms with E-state index >= 15 is 0 Å². The van der Waals surface area contributed by atoms with Crippen molar-refractivity contribution < 1.29 is 0 Å². The predicted molar refractivity (Wildman–Crippen MR) is 69.1 cm³/mol. The zero-order valence-corrected chi connectivity index (χ0v) is 10.6. The van der Waals surface area contributed by atoms with Crippen LogP contribution in [0.15, 0.2) is 4.99 Å². The Kier molecular flexibility index (Phi) is 6.23. The summed E-state index contributed by atoms with van der Waals surface area (Å²) in [6, 6.07) is 0.471. The fraction of sp³-hybridized carbons (Fsp3) is 0.917. The van der Waals surface area contributed by atoms with Crippen LogP contribution in [0.1, 0.15) is 52.4 Å². The summed E-state index contributed by atoms with van der Waals surface area (Å²) in [7, 11) is 0. The van der Waals surface area contributed by atoms with E-state index in [-0.39, 0.29) is 0 Å². The summed E-state index contributed by atoms with van der Waals surface area (Å²) in [5.41, 5.74) is 2.65. The van der Waals surface area contributed by atoms with Crippen molar-refractivity contribution in [2.75, 3.05) is 6.54 Å². The molecule has 0 aromatic carbocycles. The molecule has 1 fully saturated rings. The molecule has 0 radical (unpaired) electrons. The number of nitrogens with zero attached hydrogens (tertiary/aromatic N) is 1. The van der Waals surface area contributed by atoms with E-state index < -0.39 is 0 Å². The van der Waals surface area contributed by atoms with Gasteiger partial charge in [-0.05, 0) is 32.1 Å². The molecule has 0 saturated heterocycles. The molecule has 94 valence electrons. The van der Waals surface area contributed by atoms with E-state index in [2.05, 4.69) is 29.6 Å². The first kappa shape index (κ1) is 13.3. The van der Waals surface area contributed by atoms with Gasteiger partial charge in [0.15, 0.2) is 0 Å². The first-order valence-electron chi connectivity index (χ1n) is 6.55. The van der Waals surface area contributed by atoms with E-state index in [1.54, 1.807) is 0 Å². The second-order valence-corrected chi connectivity index (χ2v) is 4.71. The van der Waals surface area contributed by atoms with Gasteiger partial charge in [-0.2, -0.15) is 0 Å². The number of rotatable bonds is 5. The maximum absolute atomic E-state index is 5.46. The fourth-order valence-electron chi connectivity index (χ4n) is 2.27. The van der Waals surface area contributed by atoms with Crippen LogP contribution in [-0.2, 0) is 0 Å². The van der Waals surface area contributed by atoms with E-state index in [1.807, 2.05) is 0 Å². The first-order chi connectivity index (χ1) is 7.77. The van der Waals surface area contributed by atoms with Gasteiger partial charge >= 0.3 is 0 Å². The average Bonchev–Trinajstić information content (AvgIpc) is 2.81. The summed E-state index contributed by atoms with van der Waals surface area (Å²) in [5.74, 6) is 6.98.